The summed E-state index contributed by atoms with van der Waals surface area (Å²) in [4.78, 5) is 4.15. The van der Waals surface area contributed by atoms with Crippen molar-refractivity contribution in [2.75, 3.05) is 6.61 Å². The van der Waals surface area contributed by atoms with Gasteiger partial charge < -0.3 is 4.74 Å². The first-order valence-corrected chi connectivity index (χ1v) is 6.71. The monoisotopic (exact) mass is 246 g/mol. The normalized spacial score (nSPS) is 11.9. The minimum atomic E-state index is 0.479. The molecule has 3 nitrogen and oxygen atoms in total. The van der Waals surface area contributed by atoms with Gasteiger partial charge in [0.1, 0.15) is 11.6 Å². The Hall–Kier alpha value is -1.56. The molecule has 0 aromatic carbocycles. The molecule has 18 heavy (non-hydrogen) atoms. The van der Waals surface area contributed by atoms with Crippen LogP contribution in [0.25, 0.3) is 0 Å². The van der Waals surface area contributed by atoms with Crippen LogP contribution < -0.4 is 4.74 Å². The number of aromatic nitrogens is 1. The van der Waals surface area contributed by atoms with Crippen LogP contribution in [0.3, 0.4) is 0 Å². The van der Waals surface area contributed by atoms with Crippen LogP contribution in [0.4, 0.5) is 0 Å². The molecule has 98 valence electrons. The van der Waals surface area contributed by atoms with E-state index in [2.05, 4.69) is 24.9 Å². The molecular formula is C15H22N2O. The summed E-state index contributed by atoms with van der Waals surface area (Å²) < 4.78 is 5.73. The predicted molar refractivity (Wildman–Crippen MR) is 72.5 cm³/mol. The van der Waals surface area contributed by atoms with Gasteiger partial charge in [0.2, 0.25) is 5.88 Å². The van der Waals surface area contributed by atoms with Crippen LogP contribution >= 0.6 is 0 Å². The van der Waals surface area contributed by atoms with Crippen molar-refractivity contribution in [1.29, 1.82) is 5.26 Å². The van der Waals surface area contributed by atoms with E-state index in [1.165, 1.54) is 19.3 Å². The highest BCUT2D eigenvalue weighted by Crippen LogP contribution is 2.20. The molecule has 0 fully saturated rings. The van der Waals surface area contributed by atoms with Crippen molar-refractivity contribution in [2.24, 2.45) is 5.92 Å². The molecule has 1 aromatic heterocycles. The predicted octanol–water partition coefficient (Wildman–Crippen LogP) is 3.86. The van der Waals surface area contributed by atoms with Crippen LogP contribution in [0.2, 0.25) is 0 Å². The van der Waals surface area contributed by atoms with Gasteiger partial charge in [0.25, 0.3) is 0 Å². The van der Waals surface area contributed by atoms with Gasteiger partial charge in [-0.15, -0.1) is 0 Å². The molecular weight excluding hydrogens is 224 g/mol. The maximum atomic E-state index is 9.09. The van der Waals surface area contributed by atoms with E-state index in [1.807, 2.05) is 13.0 Å². The highest BCUT2D eigenvalue weighted by molar-refractivity contribution is 5.43. The van der Waals surface area contributed by atoms with Crippen molar-refractivity contribution in [1.82, 2.24) is 4.98 Å². The SMILES string of the molecule is CCCCC(CC)COc1nccc(C)c1C#N. The molecule has 0 amide bonds. The number of aryl methyl sites for hydroxylation is 1. The first-order valence-electron chi connectivity index (χ1n) is 6.71. The lowest BCUT2D eigenvalue weighted by Gasteiger charge is -2.15. The third kappa shape index (κ3) is 4.03. The highest BCUT2D eigenvalue weighted by atomic mass is 16.5. The number of unbranched alkanes of at least 4 members (excludes halogenated alkanes) is 1. The maximum Gasteiger partial charge on any atom is 0.231 e. The van der Waals surface area contributed by atoms with Gasteiger partial charge in [-0.1, -0.05) is 33.1 Å². The molecule has 1 unspecified atom stereocenters. The van der Waals surface area contributed by atoms with Crippen molar-refractivity contribution < 1.29 is 4.74 Å². The van der Waals surface area contributed by atoms with E-state index in [9.17, 15) is 0 Å². The smallest absolute Gasteiger partial charge is 0.231 e. The summed E-state index contributed by atoms with van der Waals surface area (Å²) in [5.74, 6) is 1.03. The van der Waals surface area contributed by atoms with Crippen molar-refractivity contribution in [3.8, 4) is 11.9 Å². The van der Waals surface area contributed by atoms with Crippen molar-refractivity contribution in [3.05, 3.63) is 23.4 Å². The Morgan fingerprint density at radius 1 is 1.44 bits per heavy atom. The molecule has 1 aromatic rings. The number of hydrogen-bond donors (Lipinski definition) is 0. The minimum absolute atomic E-state index is 0.479. The van der Waals surface area contributed by atoms with Crippen molar-refractivity contribution >= 4 is 0 Å². The second kappa shape index (κ2) is 7.71. The van der Waals surface area contributed by atoms with Gasteiger partial charge in [0.05, 0.1) is 6.61 Å². The lowest BCUT2D eigenvalue weighted by molar-refractivity contribution is 0.225. The Morgan fingerprint density at radius 2 is 2.22 bits per heavy atom. The van der Waals surface area contributed by atoms with Gasteiger partial charge in [0, 0.05) is 6.20 Å². The summed E-state index contributed by atoms with van der Waals surface area (Å²) in [6.45, 7) is 6.94. The van der Waals surface area contributed by atoms with E-state index < -0.39 is 0 Å². The van der Waals surface area contributed by atoms with Gasteiger partial charge in [-0.2, -0.15) is 5.26 Å². The average Bonchev–Trinajstić information content (AvgIpc) is 2.39. The molecule has 0 saturated carbocycles. The largest absolute Gasteiger partial charge is 0.476 e. The molecule has 0 aliphatic carbocycles. The average molecular weight is 246 g/mol. The molecule has 0 bridgehead atoms. The third-order valence-corrected chi connectivity index (χ3v) is 3.24. The van der Waals surface area contributed by atoms with Crippen LogP contribution in [0.15, 0.2) is 12.3 Å². The maximum absolute atomic E-state index is 9.09. The lowest BCUT2D eigenvalue weighted by atomic mass is 10.0. The van der Waals surface area contributed by atoms with Crippen LogP contribution in [0.5, 0.6) is 5.88 Å². The molecule has 1 heterocycles. The second-order valence-corrected chi connectivity index (χ2v) is 4.65. The van der Waals surface area contributed by atoms with Gasteiger partial charge in [-0.25, -0.2) is 4.98 Å². The molecule has 1 rings (SSSR count). The number of nitrogens with zero attached hydrogens (tertiary/aromatic N) is 2. The van der Waals surface area contributed by atoms with E-state index in [-0.39, 0.29) is 0 Å². The molecule has 0 aliphatic heterocycles. The summed E-state index contributed by atoms with van der Waals surface area (Å²) >= 11 is 0. The third-order valence-electron chi connectivity index (χ3n) is 3.24. The van der Waals surface area contributed by atoms with Gasteiger partial charge in [-0.05, 0) is 30.9 Å². The zero-order chi connectivity index (χ0) is 13.4. The van der Waals surface area contributed by atoms with Crippen LogP contribution in [0.1, 0.15) is 50.7 Å². The topological polar surface area (TPSA) is 45.9 Å². The van der Waals surface area contributed by atoms with Crippen molar-refractivity contribution in [2.45, 2.75) is 46.5 Å². The fourth-order valence-corrected chi connectivity index (χ4v) is 1.87. The Balaban J connectivity index is 2.62. The Kier molecular flexibility index (Phi) is 6.21. The molecule has 3 heteroatoms. The van der Waals surface area contributed by atoms with Gasteiger partial charge >= 0.3 is 0 Å². The van der Waals surface area contributed by atoms with Crippen LogP contribution in [-0.2, 0) is 0 Å². The summed E-state index contributed by atoms with van der Waals surface area (Å²) in [5, 5.41) is 9.09. The number of rotatable bonds is 7. The van der Waals surface area contributed by atoms with E-state index in [4.69, 9.17) is 10.00 Å². The standard InChI is InChI=1S/C15H22N2O/c1-4-6-7-13(5-2)11-18-15-14(10-16)12(3)8-9-17-15/h8-9,13H,4-7,11H2,1-3H3. The number of pyridine rings is 1. The summed E-state index contributed by atoms with van der Waals surface area (Å²) in [5.41, 5.74) is 1.48. The van der Waals surface area contributed by atoms with Gasteiger partial charge in [-0.3, -0.25) is 0 Å². The zero-order valence-corrected chi connectivity index (χ0v) is 11.6. The first-order chi connectivity index (χ1) is 8.72. The molecule has 0 radical (unpaired) electrons. The summed E-state index contributed by atoms with van der Waals surface area (Å²) in [6.07, 6.45) is 6.42. The van der Waals surface area contributed by atoms with Gasteiger partial charge in [0.15, 0.2) is 0 Å². The fraction of sp³-hybridized carbons (Fsp3) is 0.600. The molecule has 1 atom stereocenters. The van der Waals surface area contributed by atoms with Crippen molar-refractivity contribution in [3.63, 3.8) is 0 Å². The van der Waals surface area contributed by atoms with E-state index in [0.29, 0.717) is 24.0 Å². The first kappa shape index (κ1) is 14.5. The molecule has 0 saturated heterocycles. The zero-order valence-electron chi connectivity index (χ0n) is 11.6. The lowest BCUT2D eigenvalue weighted by Crippen LogP contribution is -2.12. The minimum Gasteiger partial charge on any atom is -0.476 e. The number of nitriles is 1. The van der Waals surface area contributed by atoms with E-state index in [0.717, 1.165) is 12.0 Å². The summed E-state index contributed by atoms with van der Waals surface area (Å²) in [6, 6.07) is 3.99. The van der Waals surface area contributed by atoms with E-state index >= 15 is 0 Å². The Bertz CT molecular complexity index is 409. The second-order valence-electron chi connectivity index (χ2n) is 4.65. The molecule has 0 spiro atoms. The highest BCUT2D eigenvalue weighted by Gasteiger charge is 2.11. The summed E-state index contributed by atoms with van der Waals surface area (Å²) in [7, 11) is 0. The Labute approximate surface area is 110 Å². The quantitative estimate of drug-likeness (QED) is 0.734. The Morgan fingerprint density at radius 3 is 2.83 bits per heavy atom. The fourth-order valence-electron chi connectivity index (χ4n) is 1.87. The van der Waals surface area contributed by atoms with Crippen LogP contribution in [0, 0.1) is 24.2 Å². The molecule has 0 N–H and O–H groups in total. The number of hydrogen-bond acceptors (Lipinski definition) is 3. The van der Waals surface area contributed by atoms with Crippen LogP contribution in [-0.4, -0.2) is 11.6 Å². The molecule has 0 aliphatic rings. The van der Waals surface area contributed by atoms with E-state index in [1.54, 1.807) is 6.20 Å². The number of ether oxygens (including phenoxy) is 1.